The molecule has 4 rings (SSSR count). The summed E-state index contributed by atoms with van der Waals surface area (Å²) in [5.74, 6) is 1.71. The molecule has 1 amide bonds. The maximum Gasteiger partial charge on any atom is 0.233 e. The fraction of sp³-hybridized carbons (Fsp3) is 0.840. The third-order valence-corrected chi connectivity index (χ3v) is 9.40. The Balaban J connectivity index is 1.71. The molecule has 162 valence electrons. The van der Waals surface area contributed by atoms with Gasteiger partial charge in [0.25, 0.3) is 0 Å². The number of carbonyl (C=O) groups excluding carboxylic acids is 2. The van der Waals surface area contributed by atoms with Gasteiger partial charge in [-0.15, -0.1) is 0 Å². The molecule has 0 bridgehead atoms. The average Bonchev–Trinajstić information content (AvgIpc) is 3.10. The third-order valence-electron chi connectivity index (χ3n) is 9.40. The first-order valence-corrected chi connectivity index (χ1v) is 12.1. The highest BCUT2D eigenvalue weighted by atomic mass is 16.2. The van der Waals surface area contributed by atoms with Crippen molar-refractivity contribution in [1.82, 2.24) is 9.80 Å². The van der Waals surface area contributed by atoms with Crippen LogP contribution in [0.3, 0.4) is 0 Å². The zero-order valence-electron chi connectivity index (χ0n) is 19.2. The van der Waals surface area contributed by atoms with Gasteiger partial charge in [-0.2, -0.15) is 0 Å². The van der Waals surface area contributed by atoms with Gasteiger partial charge < -0.3 is 9.80 Å². The van der Waals surface area contributed by atoms with Crippen molar-refractivity contribution in [3.63, 3.8) is 0 Å². The topological polar surface area (TPSA) is 40.6 Å². The lowest BCUT2D eigenvalue weighted by Crippen LogP contribution is -2.59. The number of rotatable bonds is 4. The minimum absolute atomic E-state index is 0.0350. The van der Waals surface area contributed by atoms with Gasteiger partial charge in [0.15, 0.2) is 5.78 Å². The van der Waals surface area contributed by atoms with Crippen molar-refractivity contribution in [1.29, 1.82) is 0 Å². The molecule has 0 spiro atoms. The molecule has 1 saturated heterocycles. The van der Waals surface area contributed by atoms with E-state index in [9.17, 15) is 9.59 Å². The van der Waals surface area contributed by atoms with E-state index < -0.39 is 5.92 Å². The number of nitrogens with zero attached hydrogens (tertiary/aromatic N) is 2. The van der Waals surface area contributed by atoms with E-state index in [2.05, 4.69) is 25.7 Å². The van der Waals surface area contributed by atoms with Crippen molar-refractivity contribution < 1.29 is 9.59 Å². The summed E-state index contributed by atoms with van der Waals surface area (Å²) in [5, 5.41) is 0. The van der Waals surface area contributed by atoms with E-state index in [0.29, 0.717) is 36.8 Å². The third kappa shape index (κ3) is 3.08. The zero-order chi connectivity index (χ0) is 21.0. The molecule has 1 unspecified atom stereocenters. The summed E-state index contributed by atoms with van der Waals surface area (Å²) in [5.41, 5.74) is 1.69. The van der Waals surface area contributed by atoms with Crippen molar-refractivity contribution in [3.05, 3.63) is 11.8 Å². The molecule has 29 heavy (non-hydrogen) atoms. The first kappa shape index (κ1) is 20.9. The van der Waals surface area contributed by atoms with Crippen molar-refractivity contribution >= 4 is 11.7 Å². The number of carbonyl (C=O) groups is 2. The number of allylic oxidation sites excluding steroid dienone is 2. The van der Waals surface area contributed by atoms with E-state index in [-0.39, 0.29) is 17.1 Å². The fourth-order valence-electron chi connectivity index (χ4n) is 7.77. The van der Waals surface area contributed by atoms with Gasteiger partial charge in [-0.05, 0) is 76.0 Å². The van der Waals surface area contributed by atoms with E-state index in [4.69, 9.17) is 0 Å². The number of ketones is 1. The van der Waals surface area contributed by atoms with Crippen LogP contribution < -0.4 is 0 Å². The fourth-order valence-corrected chi connectivity index (χ4v) is 7.77. The minimum atomic E-state index is -0.488. The Hall–Kier alpha value is -1.32. The van der Waals surface area contributed by atoms with Crippen LogP contribution >= 0.6 is 0 Å². The number of likely N-dealkylation sites (tertiary alicyclic amines) is 1. The second-order valence-electron chi connectivity index (χ2n) is 10.6. The number of hydrogen-bond donors (Lipinski definition) is 0. The van der Waals surface area contributed by atoms with Crippen LogP contribution in [-0.4, -0.2) is 47.7 Å². The van der Waals surface area contributed by atoms with Gasteiger partial charge >= 0.3 is 0 Å². The molecule has 0 N–H and O–H groups in total. The van der Waals surface area contributed by atoms with Crippen LogP contribution in [0.1, 0.15) is 73.1 Å². The second-order valence-corrected chi connectivity index (χ2v) is 10.6. The van der Waals surface area contributed by atoms with Crippen LogP contribution in [0.15, 0.2) is 11.8 Å². The molecule has 4 aliphatic rings. The minimum Gasteiger partial charge on any atom is -0.374 e. The van der Waals surface area contributed by atoms with E-state index in [1.807, 2.05) is 24.8 Å². The summed E-state index contributed by atoms with van der Waals surface area (Å²) in [7, 11) is 0. The highest BCUT2D eigenvalue weighted by Gasteiger charge is 2.59. The number of fused-ring (bicyclic) bond motifs is 5. The molecule has 1 aliphatic heterocycles. The maximum absolute atomic E-state index is 13.2. The van der Waals surface area contributed by atoms with Crippen LogP contribution in [0, 0.1) is 34.5 Å². The van der Waals surface area contributed by atoms with E-state index in [1.165, 1.54) is 37.8 Å². The van der Waals surface area contributed by atoms with Gasteiger partial charge in [0, 0.05) is 43.4 Å². The van der Waals surface area contributed by atoms with Gasteiger partial charge in [-0.25, -0.2) is 0 Å². The van der Waals surface area contributed by atoms with E-state index >= 15 is 0 Å². The predicted octanol–water partition coefficient (Wildman–Crippen LogP) is 4.50. The number of piperidine rings is 1. The molecule has 0 radical (unpaired) electrons. The molecule has 6 atom stereocenters. The summed E-state index contributed by atoms with van der Waals surface area (Å²) in [6, 6.07) is 0. The molecule has 2 saturated carbocycles. The molecule has 0 aromatic carbocycles. The van der Waals surface area contributed by atoms with Crippen LogP contribution in [0.4, 0.5) is 0 Å². The highest BCUT2D eigenvalue weighted by molar-refractivity contribution is 6.08. The van der Waals surface area contributed by atoms with Crippen LogP contribution in [0.5, 0.6) is 0 Å². The van der Waals surface area contributed by atoms with Crippen LogP contribution in [0.25, 0.3) is 0 Å². The molecule has 1 heterocycles. The molecule has 4 heteroatoms. The number of amides is 1. The Labute approximate surface area is 177 Å². The Morgan fingerprint density at radius 3 is 2.52 bits per heavy atom. The Kier molecular flexibility index (Phi) is 5.36. The lowest BCUT2D eigenvalue weighted by molar-refractivity contribution is -0.144. The summed E-state index contributed by atoms with van der Waals surface area (Å²) in [6.07, 6.45) is 9.27. The monoisotopic (exact) mass is 400 g/mol. The second kappa shape index (κ2) is 7.42. The molecule has 4 nitrogen and oxygen atoms in total. The first-order chi connectivity index (χ1) is 13.8. The van der Waals surface area contributed by atoms with Crippen LogP contribution in [0.2, 0.25) is 0 Å². The molecule has 0 aromatic heterocycles. The summed E-state index contributed by atoms with van der Waals surface area (Å²) in [6.45, 7) is 14.6. The zero-order valence-corrected chi connectivity index (χ0v) is 19.2. The Morgan fingerprint density at radius 2 is 1.86 bits per heavy atom. The first-order valence-electron chi connectivity index (χ1n) is 12.1. The van der Waals surface area contributed by atoms with Gasteiger partial charge in [-0.1, -0.05) is 20.3 Å². The van der Waals surface area contributed by atoms with Crippen molar-refractivity contribution in [3.8, 4) is 0 Å². The molecule has 3 aliphatic carbocycles. The lowest BCUT2D eigenvalue weighted by atomic mass is 9.49. The summed E-state index contributed by atoms with van der Waals surface area (Å²) < 4.78 is 0. The van der Waals surface area contributed by atoms with Crippen molar-refractivity contribution in [2.75, 3.05) is 26.2 Å². The standard InChI is InChI=1S/C25H40N2O2/c1-6-26(7-2)23(29)17-15-25(5)20-11-13-24(4)12-9-10-19(24)18(20)16-27(8-3)22(25)14-21(17)28/h14,17-20H,6-13,15-16H2,1-5H3/t17?,18-,19-,20+,24-,25+/m0/s1. The Bertz CT molecular complexity index is 712. The molecular weight excluding hydrogens is 360 g/mol. The van der Waals surface area contributed by atoms with Gasteiger partial charge in [0.05, 0.1) is 0 Å². The smallest absolute Gasteiger partial charge is 0.233 e. The summed E-state index contributed by atoms with van der Waals surface area (Å²) in [4.78, 5) is 30.6. The quantitative estimate of drug-likeness (QED) is 0.652. The SMILES string of the molecule is CCN(CC)C(=O)C1C[C@@]2(C)C(=CC1=O)N(CC)C[C@@H]1[C@H]2CC[C@]2(C)CCC[C@@H]12. The Morgan fingerprint density at radius 1 is 1.14 bits per heavy atom. The molecular formula is C25H40N2O2. The number of hydrogen-bond acceptors (Lipinski definition) is 3. The van der Waals surface area contributed by atoms with Gasteiger partial charge in [-0.3, -0.25) is 9.59 Å². The van der Waals surface area contributed by atoms with Gasteiger partial charge in [0.2, 0.25) is 5.91 Å². The molecule has 0 aromatic rings. The largest absolute Gasteiger partial charge is 0.374 e. The van der Waals surface area contributed by atoms with E-state index in [0.717, 1.165) is 19.0 Å². The average molecular weight is 401 g/mol. The van der Waals surface area contributed by atoms with Crippen molar-refractivity contribution in [2.45, 2.75) is 73.1 Å². The predicted molar refractivity (Wildman–Crippen MR) is 116 cm³/mol. The molecule has 3 fully saturated rings. The normalized spacial score (nSPS) is 41.3. The highest BCUT2D eigenvalue weighted by Crippen LogP contribution is 2.64. The maximum atomic E-state index is 13.2. The summed E-state index contributed by atoms with van der Waals surface area (Å²) >= 11 is 0. The van der Waals surface area contributed by atoms with E-state index in [1.54, 1.807) is 0 Å². The van der Waals surface area contributed by atoms with Crippen molar-refractivity contribution in [2.24, 2.45) is 34.5 Å². The van der Waals surface area contributed by atoms with Crippen LogP contribution in [-0.2, 0) is 9.59 Å². The lowest BCUT2D eigenvalue weighted by Gasteiger charge is -2.60. The van der Waals surface area contributed by atoms with Gasteiger partial charge in [0.1, 0.15) is 5.92 Å².